The second-order valence-corrected chi connectivity index (χ2v) is 14.5. The highest BCUT2D eigenvalue weighted by Crippen LogP contribution is 2.27. The smallest absolute Gasteiger partial charge is 0.264 e. The van der Waals surface area contributed by atoms with Crippen LogP contribution in [0, 0.1) is 12.8 Å². The van der Waals surface area contributed by atoms with Crippen LogP contribution >= 0.6 is 27.5 Å². The van der Waals surface area contributed by atoms with Gasteiger partial charge in [0.25, 0.3) is 10.0 Å². The number of carbonyl (C=O) groups excluding carboxylic acids is 2. The zero-order chi connectivity index (χ0) is 32.6. The fourth-order valence-corrected chi connectivity index (χ4v) is 6.67. The van der Waals surface area contributed by atoms with Gasteiger partial charge < -0.3 is 10.2 Å². The summed E-state index contributed by atoms with van der Waals surface area (Å²) >= 11 is 9.71. The molecule has 0 bridgehead atoms. The minimum absolute atomic E-state index is 0.0464. The average molecular weight is 711 g/mol. The Morgan fingerprint density at radius 3 is 2.13 bits per heavy atom. The van der Waals surface area contributed by atoms with Gasteiger partial charge in [-0.1, -0.05) is 102 Å². The van der Waals surface area contributed by atoms with E-state index >= 15 is 0 Å². The molecule has 0 aliphatic heterocycles. The van der Waals surface area contributed by atoms with E-state index in [0.29, 0.717) is 22.8 Å². The Balaban J connectivity index is 1.79. The zero-order valence-corrected chi connectivity index (χ0v) is 28.6. The molecule has 10 heteroatoms. The quantitative estimate of drug-likeness (QED) is 0.162. The minimum atomic E-state index is -4.17. The Morgan fingerprint density at radius 1 is 0.867 bits per heavy atom. The van der Waals surface area contributed by atoms with Crippen molar-refractivity contribution in [2.45, 2.75) is 44.7 Å². The SMILES string of the molecule is Cc1ccc(S(=O)(=O)N(CC(=O)N(Cc2cccc(Cl)c2)[C@H](Cc2ccccc2)C(=O)NCC(C)C)c2ccc(Br)cc2)cc1. The van der Waals surface area contributed by atoms with Crippen LogP contribution in [-0.4, -0.2) is 44.3 Å². The Labute approximate surface area is 279 Å². The third-order valence-corrected chi connectivity index (χ3v) is 9.75. The number of aryl methyl sites for hydroxylation is 1. The van der Waals surface area contributed by atoms with E-state index in [2.05, 4.69) is 21.2 Å². The third-order valence-electron chi connectivity index (χ3n) is 7.20. The number of hydrogen-bond donors (Lipinski definition) is 1. The van der Waals surface area contributed by atoms with Crippen LogP contribution in [0.5, 0.6) is 0 Å². The standard InChI is InChI=1S/C35H37BrClN3O4S/c1-25(2)22-38-35(42)33(21-27-8-5-4-6-9-27)39(23-28-10-7-11-30(37)20-28)34(41)24-40(31-16-14-29(36)15-17-31)45(43,44)32-18-12-26(3)13-19-32/h4-20,25,33H,21-24H2,1-3H3,(H,38,42)/t33-/m1/s1. The van der Waals surface area contributed by atoms with Gasteiger partial charge in [0.2, 0.25) is 11.8 Å². The molecule has 4 aromatic carbocycles. The van der Waals surface area contributed by atoms with Gasteiger partial charge in [-0.2, -0.15) is 0 Å². The normalized spacial score (nSPS) is 12.0. The van der Waals surface area contributed by atoms with Gasteiger partial charge in [-0.3, -0.25) is 13.9 Å². The molecule has 0 aromatic heterocycles. The molecule has 45 heavy (non-hydrogen) atoms. The van der Waals surface area contributed by atoms with E-state index in [9.17, 15) is 18.0 Å². The molecule has 0 unspecified atom stereocenters. The molecule has 4 rings (SSSR count). The maximum Gasteiger partial charge on any atom is 0.264 e. The highest BCUT2D eigenvalue weighted by Gasteiger charge is 2.34. The topological polar surface area (TPSA) is 86.8 Å². The fraction of sp³-hybridized carbons (Fsp3) is 0.257. The van der Waals surface area contributed by atoms with E-state index in [1.54, 1.807) is 54.6 Å². The Bertz CT molecular complexity index is 1700. The summed E-state index contributed by atoms with van der Waals surface area (Å²) in [6.07, 6.45) is 0.236. The van der Waals surface area contributed by atoms with Crippen LogP contribution < -0.4 is 9.62 Å². The molecule has 0 radical (unpaired) electrons. The van der Waals surface area contributed by atoms with E-state index in [4.69, 9.17) is 11.6 Å². The molecule has 0 saturated carbocycles. The second kappa shape index (κ2) is 15.6. The van der Waals surface area contributed by atoms with Crippen LogP contribution in [0.25, 0.3) is 0 Å². The van der Waals surface area contributed by atoms with E-state index < -0.39 is 28.5 Å². The minimum Gasteiger partial charge on any atom is -0.354 e. The van der Waals surface area contributed by atoms with Crippen LogP contribution in [-0.2, 0) is 32.6 Å². The lowest BCUT2D eigenvalue weighted by atomic mass is 10.0. The lowest BCUT2D eigenvalue weighted by Crippen LogP contribution is -2.53. The van der Waals surface area contributed by atoms with Crippen LogP contribution in [0.15, 0.2) is 112 Å². The summed E-state index contributed by atoms with van der Waals surface area (Å²) < 4.78 is 30.1. The van der Waals surface area contributed by atoms with Crippen molar-refractivity contribution in [3.05, 3.63) is 129 Å². The first-order chi connectivity index (χ1) is 21.4. The Hall–Kier alpha value is -3.66. The van der Waals surface area contributed by atoms with Gasteiger partial charge in [0.15, 0.2) is 0 Å². The predicted octanol–water partition coefficient (Wildman–Crippen LogP) is 7.02. The summed E-state index contributed by atoms with van der Waals surface area (Å²) in [5, 5.41) is 3.48. The van der Waals surface area contributed by atoms with Crippen molar-refractivity contribution in [2.75, 3.05) is 17.4 Å². The van der Waals surface area contributed by atoms with Crippen molar-refractivity contribution in [1.82, 2.24) is 10.2 Å². The lowest BCUT2D eigenvalue weighted by Gasteiger charge is -2.34. The summed E-state index contributed by atoms with van der Waals surface area (Å²) in [5.41, 5.74) is 2.80. The average Bonchev–Trinajstić information content (AvgIpc) is 3.01. The molecule has 4 aromatic rings. The second-order valence-electron chi connectivity index (χ2n) is 11.3. The molecule has 2 amide bonds. The van der Waals surface area contributed by atoms with E-state index in [1.165, 1.54) is 17.0 Å². The van der Waals surface area contributed by atoms with Gasteiger partial charge in [0.1, 0.15) is 12.6 Å². The van der Waals surface area contributed by atoms with Crippen molar-refractivity contribution in [3.8, 4) is 0 Å². The first-order valence-electron chi connectivity index (χ1n) is 14.6. The number of rotatable bonds is 13. The number of carbonyl (C=O) groups is 2. The molecule has 1 N–H and O–H groups in total. The summed E-state index contributed by atoms with van der Waals surface area (Å²) in [6.45, 7) is 5.81. The number of nitrogens with one attached hydrogen (secondary N) is 1. The molecule has 0 aliphatic rings. The zero-order valence-electron chi connectivity index (χ0n) is 25.5. The molecule has 7 nitrogen and oxygen atoms in total. The Morgan fingerprint density at radius 2 is 1.51 bits per heavy atom. The molecular formula is C35H37BrClN3O4S. The van der Waals surface area contributed by atoms with Gasteiger partial charge in [0, 0.05) is 29.0 Å². The van der Waals surface area contributed by atoms with Crippen molar-refractivity contribution in [2.24, 2.45) is 5.92 Å². The highest BCUT2D eigenvalue weighted by molar-refractivity contribution is 9.10. The lowest BCUT2D eigenvalue weighted by molar-refractivity contribution is -0.140. The first kappa shape index (κ1) is 34.2. The van der Waals surface area contributed by atoms with Gasteiger partial charge >= 0.3 is 0 Å². The highest BCUT2D eigenvalue weighted by atomic mass is 79.9. The van der Waals surface area contributed by atoms with Gasteiger partial charge in [-0.05, 0) is 72.5 Å². The molecule has 0 saturated heterocycles. The summed E-state index contributed by atoms with van der Waals surface area (Å²) in [4.78, 5) is 29.8. The van der Waals surface area contributed by atoms with Crippen molar-refractivity contribution >= 4 is 55.1 Å². The van der Waals surface area contributed by atoms with Crippen molar-refractivity contribution in [3.63, 3.8) is 0 Å². The van der Waals surface area contributed by atoms with Gasteiger partial charge in [-0.15, -0.1) is 0 Å². The number of anilines is 1. The number of benzene rings is 4. The molecule has 0 heterocycles. The van der Waals surface area contributed by atoms with E-state index in [0.717, 1.165) is 19.9 Å². The molecule has 1 atom stereocenters. The maximum absolute atomic E-state index is 14.5. The first-order valence-corrected chi connectivity index (χ1v) is 17.3. The number of amides is 2. The van der Waals surface area contributed by atoms with Gasteiger partial charge in [0.05, 0.1) is 10.6 Å². The number of sulfonamides is 1. The van der Waals surface area contributed by atoms with E-state index in [1.807, 2.05) is 57.2 Å². The molecule has 0 spiro atoms. The number of hydrogen-bond acceptors (Lipinski definition) is 4. The Kier molecular flexibility index (Phi) is 11.8. The molecule has 0 aliphatic carbocycles. The number of nitrogens with zero attached hydrogens (tertiary/aromatic N) is 2. The van der Waals surface area contributed by atoms with Gasteiger partial charge in [-0.25, -0.2) is 8.42 Å². The third kappa shape index (κ3) is 9.42. The van der Waals surface area contributed by atoms with Crippen molar-refractivity contribution in [1.29, 1.82) is 0 Å². The molecule has 0 fully saturated rings. The molecular weight excluding hydrogens is 674 g/mol. The summed E-state index contributed by atoms with van der Waals surface area (Å²) in [7, 11) is -4.17. The predicted molar refractivity (Wildman–Crippen MR) is 184 cm³/mol. The maximum atomic E-state index is 14.5. The molecule has 236 valence electrons. The van der Waals surface area contributed by atoms with E-state index in [-0.39, 0.29) is 29.7 Å². The number of halogens is 2. The summed E-state index contributed by atoms with van der Waals surface area (Å²) in [5.74, 6) is -0.662. The van der Waals surface area contributed by atoms with Crippen LogP contribution in [0.3, 0.4) is 0 Å². The van der Waals surface area contributed by atoms with Crippen molar-refractivity contribution < 1.29 is 18.0 Å². The van der Waals surface area contributed by atoms with Crippen LogP contribution in [0.2, 0.25) is 5.02 Å². The fourth-order valence-electron chi connectivity index (χ4n) is 4.78. The van der Waals surface area contributed by atoms with Crippen LogP contribution in [0.4, 0.5) is 5.69 Å². The van der Waals surface area contributed by atoms with Crippen LogP contribution in [0.1, 0.15) is 30.5 Å². The monoisotopic (exact) mass is 709 g/mol. The largest absolute Gasteiger partial charge is 0.354 e. The summed E-state index contributed by atoms with van der Waals surface area (Å²) in [6, 6.07) is 28.8.